The molecule has 1 aromatic rings. The third-order valence-electron chi connectivity index (χ3n) is 3.28. The van der Waals surface area contributed by atoms with Crippen LogP contribution in [0.25, 0.3) is 0 Å². The van der Waals surface area contributed by atoms with E-state index < -0.39 is 11.9 Å². The zero-order valence-corrected chi connectivity index (χ0v) is 13.7. The molecule has 0 radical (unpaired) electrons. The summed E-state index contributed by atoms with van der Waals surface area (Å²) in [7, 11) is 3.68. The van der Waals surface area contributed by atoms with Crippen LogP contribution in [0.15, 0.2) is 24.3 Å². The van der Waals surface area contributed by atoms with Crippen molar-refractivity contribution in [3.05, 3.63) is 35.4 Å². The topological polar surface area (TPSA) is 59.1 Å². The van der Waals surface area contributed by atoms with Crippen molar-refractivity contribution >= 4 is 11.9 Å². The molecule has 1 rings (SSSR count). The van der Waals surface area contributed by atoms with Crippen LogP contribution in [0.1, 0.15) is 34.6 Å². The van der Waals surface area contributed by atoms with Gasteiger partial charge in [0.2, 0.25) is 0 Å². The summed E-state index contributed by atoms with van der Waals surface area (Å²) in [6, 6.07) is 6.51. The van der Waals surface area contributed by atoms with E-state index in [0.29, 0.717) is 0 Å². The monoisotopic (exact) mass is 308 g/mol. The molecule has 22 heavy (non-hydrogen) atoms. The second-order valence-corrected chi connectivity index (χ2v) is 5.01. The molecule has 0 amide bonds. The third kappa shape index (κ3) is 5.46. The summed E-state index contributed by atoms with van der Waals surface area (Å²) in [6.45, 7) is 5.81. The molecule has 0 aromatic heterocycles. The number of carbonyl (C=O) groups is 2. The summed E-state index contributed by atoms with van der Waals surface area (Å²) in [4.78, 5) is 27.9. The highest BCUT2D eigenvalue weighted by Crippen LogP contribution is 2.12. The van der Waals surface area contributed by atoms with Crippen molar-refractivity contribution in [1.29, 1.82) is 0 Å². The Hall–Kier alpha value is -1.92. The molecular weight excluding hydrogens is 284 g/mol. The maximum atomic E-state index is 12.1. The van der Waals surface area contributed by atoms with Crippen LogP contribution < -0.4 is 0 Å². The van der Waals surface area contributed by atoms with Gasteiger partial charge in [0, 0.05) is 0 Å². The maximum absolute atomic E-state index is 12.1. The first kappa shape index (κ1) is 18.1. The van der Waals surface area contributed by atoms with Crippen LogP contribution >= 0.6 is 0 Å². The highest BCUT2D eigenvalue weighted by atomic mass is 16.6. The normalized spacial score (nSPS) is 10.8. The van der Waals surface area contributed by atoms with Crippen molar-refractivity contribution in [2.75, 3.05) is 40.6 Å². The van der Waals surface area contributed by atoms with Crippen molar-refractivity contribution in [3.63, 3.8) is 0 Å². The van der Waals surface area contributed by atoms with Crippen molar-refractivity contribution in [2.24, 2.45) is 0 Å². The number of nitrogens with zero attached hydrogens (tertiary/aromatic N) is 2. The lowest BCUT2D eigenvalue weighted by Gasteiger charge is -2.16. The Labute approximate surface area is 131 Å². The second kappa shape index (κ2) is 9.17. The Balaban J connectivity index is 2.76. The SMILES string of the molecule is CCN(C)COC(=O)c1ccccc1C(=O)OCN(C)CC. The molecule has 0 saturated carbocycles. The predicted octanol–water partition coefficient (Wildman–Crippen LogP) is 1.82. The Kier molecular flexibility index (Phi) is 7.56. The number of hydrogen-bond acceptors (Lipinski definition) is 6. The van der Waals surface area contributed by atoms with Gasteiger partial charge in [-0.15, -0.1) is 0 Å². The molecule has 0 aliphatic carbocycles. The molecule has 0 saturated heterocycles. The highest BCUT2D eigenvalue weighted by Gasteiger charge is 2.19. The Bertz CT molecular complexity index is 460. The molecule has 0 N–H and O–H groups in total. The van der Waals surface area contributed by atoms with Crippen LogP contribution in [-0.2, 0) is 9.47 Å². The van der Waals surface area contributed by atoms with Gasteiger partial charge in [0.15, 0.2) is 0 Å². The number of esters is 2. The van der Waals surface area contributed by atoms with Gasteiger partial charge in [0.1, 0.15) is 13.5 Å². The third-order valence-corrected chi connectivity index (χ3v) is 3.28. The lowest BCUT2D eigenvalue weighted by atomic mass is 10.1. The Morgan fingerprint density at radius 2 is 1.23 bits per heavy atom. The minimum absolute atomic E-state index is 0.178. The molecular formula is C16H24N2O4. The van der Waals surface area contributed by atoms with E-state index in [1.54, 1.807) is 24.3 Å². The van der Waals surface area contributed by atoms with E-state index in [2.05, 4.69) is 0 Å². The molecule has 122 valence electrons. The van der Waals surface area contributed by atoms with E-state index in [9.17, 15) is 9.59 Å². The summed E-state index contributed by atoms with van der Waals surface area (Å²) in [5.41, 5.74) is 0.437. The van der Waals surface area contributed by atoms with Gasteiger partial charge in [-0.25, -0.2) is 9.59 Å². The number of hydrogen-bond donors (Lipinski definition) is 0. The second-order valence-electron chi connectivity index (χ2n) is 5.01. The quantitative estimate of drug-likeness (QED) is 0.539. The lowest BCUT2D eigenvalue weighted by molar-refractivity contribution is 0.0239. The van der Waals surface area contributed by atoms with Crippen LogP contribution in [0.4, 0.5) is 0 Å². The average molecular weight is 308 g/mol. The Morgan fingerprint density at radius 1 is 0.864 bits per heavy atom. The maximum Gasteiger partial charge on any atom is 0.340 e. The first-order valence-corrected chi connectivity index (χ1v) is 7.29. The standard InChI is InChI=1S/C16H24N2O4/c1-5-17(3)11-21-15(19)13-9-7-8-10-14(13)16(20)22-12-18(4)6-2/h7-10H,5-6,11-12H2,1-4H3. The van der Waals surface area contributed by atoms with Gasteiger partial charge in [0.05, 0.1) is 11.1 Å². The van der Waals surface area contributed by atoms with Gasteiger partial charge in [-0.3, -0.25) is 9.80 Å². The fourth-order valence-corrected chi connectivity index (χ4v) is 1.51. The number of rotatable bonds is 8. The minimum Gasteiger partial charge on any atom is -0.446 e. The number of ether oxygens (including phenoxy) is 2. The zero-order chi connectivity index (χ0) is 16.5. The molecule has 0 unspecified atom stereocenters. The molecule has 0 aliphatic heterocycles. The van der Waals surface area contributed by atoms with E-state index in [1.165, 1.54) is 0 Å². The van der Waals surface area contributed by atoms with Gasteiger partial charge < -0.3 is 9.47 Å². The summed E-state index contributed by atoms with van der Waals surface area (Å²) < 4.78 is 10.4. The van der Waals surface area contributed by atoms with Crippen LogP contribution in [0.3, 0.4) is 0 Å². The van der Waals surface area contributed by atoms with Gasteiger partial charge >= 0.3 is 11.9 Å². The minimum atomic E-state index is -0.531. The first-order valence-electron chi connectivity index (χ1n) is 7.29. The number of carbonyl (C=O) groups excluding carboxylic acids is 2. The molecule has 0 bridgehead atoms. The van der Waals surface area contributed by atoms with E-state index in [-0.39, 0.29) is 24.6 Å². The van der Waals surface area contributed by atoms with Crippen LogP contribution in [0.2, 0.25) is 0 Å². The molecule has 1 aromatic carbocycles. The van der Waals surface area contributed by atoms with Gasteiger partial charge in [0.25, 0.3) is 0 Å². The van der Waals surface area contributed by atoms with Crippen LogP contribution in [-0.4, -0.2) is 62.4 Å². The molecule has 0 atom stereocenters. The molecule has 0 fully saturated rings. The van der Waals surface area contributed by atoms with Crippen molar-refractivity contribution in [3.8, 4) is 0 Å². The molecule has 0 heterocycles. The predicted molar refractivity (Wildman–Crippen MR) is 83.6 cm³/mol. The fourth-order valence-electron chi connectivity index (χ4n) is 1.51. The largest absolute Gasteiger partial charge is 0.446 e. The van der Waals surface area contributed by atoms with Crippen LogP contribution in [0, 0.1) is 0 Å². The van der Waals surface area contributed by atoms with Crippen molar-refractivity contribution < 1.29 is 19.1 Å². The summed E-state index contributed by atoms with van der Waals surface area (Å²) in [6.07, 6.45) is 0. The Morgan fingerprint density at radius 3 is 1.55 bits per heavy atom. The first-order chi connectivity index (χ1) is 10.5. The fraction of sp³-hybridized carbons (Fsp3) is 0.500. The van der Waals surface area contributed by atoms with Crippen LogP contribution in [0.5, 0.6) is 0 Å². The van der Waals surface area contributed by atoms with E-state index in [4.69, 9.17) is 9.47 Å². The molecule has 6 nitrogen and oxygen atoms in total. The summed E-state index contributed by atoms with van der Waals surface area (Å²) >= 11 is 0. The molecule has 0 aliphatic rings. The van der Waals surface area contributed by atoms with E-state index >= 15 is 0 Å². The van der Waals surface area contributed by atoms with Crippen molar-refractivity contribution in [1.82, 2.24) is 9.80 Å². The van der Waals surface area contributed by atoms with Crippen molar-refractivity contribution in [2.45, 2.75) is 13.8 Å². The smallest absolute Gasteiger partial charge is 0.340 e. The summed E-state index contributed by atoms with van der Waals surface area (Å²) in [5.74, 6) is -1.06. The molecule has 6 heteroatoms. The van der Waals surface area contributed by atoms with Gasteiger partial charge in [-0.1, -0.05) is 26.0 Å². The van der Waals surface area contributed by atoms with Gasteiger partial charge in [-0.05, 0) is 39.3 Å². The van der Waals surface area contributed by atoms with E-state index in [1.807, 2.05) is 37.7 Å². The average Bonchev–Trinajstić information content (AvgIpc) is 2.56. The van der Waals surface area contributed by atoms with Gasteiger partial charge in [-0.2, -0.15) is 0 Å². The lowest BCUT2D eigenvalue weighted by Crippen LogP contribution is -2.26. The molecule has 0 spiro atoms. The zero-order valence-electron chi connectivity index (χ0n) is 13.7. The number of benzene rings is 1. The van der Waals surface area contributed by atoms with E-state index in [0.717, 1.165) is 13.1 Å². The highest BCUT2D eigenvalue weighted by molar-refractivity contribution is 6.03. The summed E-state index contributed by atoms with van der Waals surface area (Å²) in [5, 5.41) is 0.